The summed E-state index contributed by atoms with van der Waals surface area (Å²) in [5.74, 6) is 0. The van der Waals surface area contributed by atoms with Gasteiger partial charge in [0.05, 0.1) is 0 Å². The summed E-state index contributed by atoms with van der Waals surface area (Å²) in [5, 5.41) is 0. The van der Waals surface area contributed by atoms with Gasteiger partial charge in [-0.3, -0.25) is 4.55 Å². The second kappa shape index (κ2) is 4.80. The van der Waals surface area contributed by atoms with Crippen LogP contribution in [0.15, 0.2) is 0 Å². The number of halogens is 11. The molecule has 0 fully saturated rings. The topological polar surface area (TPSA) is 63.6 Å². The van der Waals surface area contributed by atoms with Crippen molar-refractivity contribution in [2.45, 2.75) is 29.6 Å². The number of rotatable bonds is 4. The molecule has 0 atom stereocenters. The lowest BCUT2D eigenvalue weighted by molar-refractivity contribution is -0.474. The zero-order chi connectivity index (χ0) is 17.7. The summed E-state index contributed by atoms with van der Waals surface area (Å²) in [6, 6.07) is 0. The summed E-state index contributed by atoms with van der Waals surface area (Å²) >= 11 is 0. The highest BCUT2D eigenvalue weighted by Gasteiger charge is 2.87. The molecular weight excluding hydrogens is 365 g/mol. The highest BCUT2D eigenvalue weighted by atomic mass is 32.2. The molecule has 0 saturated heterocycles. The quantitative estimate of drug-likeness (QED) is 0.614. The third-order valence-electron chi connectivity index (χ3n) is 1.73. The van der Waals surface area contributed by atoms with E-state index in [1.165, 1.54) is 4.74 Å². The molecule has 0 aromatic carbocycles. The minimum atomic E-state index is -7.67. The minimum Gasteiger partial charge on any atom is -0.279 e. The van der Waals surface area contributed by atoms with Gasteiger partial charge in [-0.15, -0.1) is 0 Å². The van der Waals surface area contributed by atoms with Crippen LogP contribution in [0.2, 0.25) is 0 Å². The molecule has 0 unspecified atom stereocenters. The fraction of sp³-hybridized carbons (Fsp3) is 1.00. The number of ether oxygens (including phenoxy) is 1. The largest absolute Gasteiger partial charge is 0.492 e. The van der Waals surface area contributed by atoms with Crippen molar-refractivity contribution in [3.63, 3.8) is 0 Å². The second-order valence-electron chi connectivity index (χ2n) is 3.21. The normalized spacial score (nSPS) is 16.2. The third-order valence-corrected chi connectivity index (χ3v) is 2.41. The molecule has 21 heavy (non-hydrogen) atoms. The molecule has 0 aliphatic carbocycles. The molecule has 0 rings (SSSR count). The van der Waals surface area contributed by atoms with Gasteiger partial charge in [0, 0.05) is 0 Å². The Labute approximate surface area is 107 Å². The van der Waals surface area contributed by atoms with Crippen molar-refractivity contribution in [2.24, 2.45) is 0 Å². The van der Waals surface area contributed by atoms with E-state index >= 15 is 0 Å². The van der Waals surface area contributed by atoms with Crippen LogP contribution in [0.25, 0.3) is 0 Å². The summed E-state index contributed by atoms with van der Waals surface area (Å²) in [4.78, 5) is 0. The Bertz CT molecular complexity index is 474. The van der Waals surface area contributed by atoms with Gasteiger partial charge in [-0.1, -0.05) is 0 Å². The van der Waals surface area contributed by atoms with Gasteiger partial charge in [0.15, 0.2) is 0 Å². The summed E-state index contributed by atoms with van der Waals surface area (Å²) in [7, 11) is -7.02. The minimum absolute atomic E-state index is 1.49. The van der Waals surface area contributed by atoms with Crippen molar-refractivity contribution in [3.8, 4) is 0 Å². The summed E-state index contributed by atoms with van der Waals surface area (Å²) in [5.41, 5.74) is -14.3. The van der Waals surface area contributed by atoms with E-state index in [9.17, 15) is 56.7 Å². The molecule has 4 nitrogen and oxygen atoms in total. The van der Waals surface area contributed by atoms with Crippen molar-refractivity contribution in [1.82, 2.24) is 0 Å². The van der Waals surface area contributed by atoms with E-state index in [0.717, 1.165) is 0 Å². The molecule has 16 heteroatoms. The van der Waals surface area contributed by atoms with Crippen molar-refractivity contribution in [2.75, 3.05) is 0 Å². The molecule has 0 aromatic rings. The molecular formula is C5HF11O4S. The van der Waals surface area contributed by atoms with Crippen LogP contribution in [0, 0.1) is 0 Å². The van der Waals surface area contributed by atoms with Crippen LogP contribution < -0.4 is 0 Å². The SMILES string of the molecule is O=S(=O)(O)C(F)(F)OC(F)(F)C(F)(C(F)(F)F)C(F)(F)F. The summed E-state index contributed by atoms with van der Waals surface area (Å²) in [6.07, 6.45) is -22.5. The molecule has 1 N–H and O–H groups in total. The van der Waals surface area contributed by atoms with Gasteiger partial charge in [0.2, 0.25) is 0 Å². The summed E-state index contributed by atoms with van der Waals surface area (Å²) in [6.45, 7) is 0. The van der Waals surface area contributed by atoms with Crippen molar-refractivity contribution in [3.05, 3.63) is 0 Å². The smallest absolute Gasteiger partial charge is 0.279 e. The van der Waals surface area contributed by atoms with Gasteiger partial charge in [-0.05, 0) is 0 Å². The van der Waals surface area contributed by atoms with Crippen LogP contribution in [0.3, 0.4) is 0 Å². The molecule has 128 valence electrons. The Hall–Kier alpha value is -0.900. The number of hydrogen-bond acceptors (Lipinski definition) is 3. The maximum absolute atomic E-state index is 12.8. The maximum atomic E-state index is 12.8. The Morgan fingerprint density at radius 1 is 0.714 bits per heavy atom. The molecule has 0 amide bonds. The predicted molar refractivity (Wildman–Crippen MR) is 38.5 cm³/mol. The first-order valence-corrected chi connectivity index (χ1v) is 5.40. The Morgan fingerprint density at radius 3 is 1.19 bits per heavy atom. The number of hydrogen-bond donors (Lipinski definition) is 1. The van der Waals surface area contributed by atoms with E-state index in [1.807, 2.05) is 0 Å². The van der Waals surface area contributed by atoms with Gasteiger partial charge in [0.25, 0.3) is 0 Å². The second-order valence-corrected chi connectivity index (χ2v) is 4.64. The first kappa shape index (κ1) is 20.1. The first-order chi connectivity index (χ1) is 8.71. The average molecular weight is 366 g/mol. The van der Waals surface area contributed by atoms with Crippen LogP contribution in [-0.2, 0) is 14.9 Å². The molecule has 0 aliphatic rings. The van der Waals surface area contributed by atoms with E-state index in [4.69, 9.17) is 4.55 Å². The first-order valence-electron chi connectivity index (χ1n) is 3.96. The molecule has 0 spiro atoms. The fourth-order valence-electron chi connectivity index (χ4n) is 0.763. The molecule has 0 aliphatic heterocycles. The number of alkyl halides is 11. The van der Waals surface area contributed by atoms with E-state index in [0.29, 0.717) is 0 Å². The van der Waals surface area contributed by atoms with E-state index in [2.05, 4.69) is 0 Å². The molecule has 0 radical (unpaired) electrons. The molecule has 0 bridgehead atoms. The van der Waals surface area contributed by atoms with E-state index < -0.39 is 39.7 Å². The third kappa shape index (κ3) is 3.31. The monoisotopic (exact) mass is 366 g/mol. The molecule has 0 saturated carbocycles. The Morgan fingerprint density at radius 2 is 1.00 bits per heavy atom. The van der Waals surface area contributed by atoms with Gasteiger partial charge >= 0.3 is 39.7 Å². The van der Waals surface area contributed by atoms with Crippen LogP contribution in [0.5, 0.6) is 0 Å². The standard InChI is InChI=1S/C5HF11O4S/c6-1(2(7,8)9,3(10,11)12)4(13,14)20-5(15,16)21(17,18)19/h(H,17,18,19). The van der Waals surface area contributed by atoms with Crippen molar-refractivity contribution >= 4 is 10.1 Å². The van der Waals surface area contributed by atoms with Gasteiger partial charge < -0.3 is 0 Å². The zero-order valence-corrected chi connectivity index (χ0v) is 9.55. The zero-order valence-electron chi connectivity index (χ0n) is 8.74. The lowest BCUT2D eigenvalue weighted by Gasteiger charge is -2.36. The van der Waals surface area contributed by atoms with Gasteiger partial charge in [-0.2, -0.15) is 52.3 Å². The molecule has 0 heterocycles. The lowest BCUT2D eigenvalue weighted by Crippen LogP contribution is -2.66. The van der Waals surface area contributed by atoms with Gasteiger partial charge in [-0.25, -0.2) is 9.13 Å². The highest BCUT2D eigenvalue weighted by molar-refractivity contribution is 7.86. The highest BCUT2D eigenvalue weighted by Crippen LogP contribution is 2.56. The average Bonchev–Trinajstić information content (AvgIpc) is 2.08. The fourth-order valence-corrected chi connectivity index (χ4v) is 0.973. The van der Waals surface area contributed by atoms with Crippen LogP contribution in [0.1, 0.15) is 0 Å². The maximum Gasteiger partial charge on any atom is 0.492 e. The van der Waals surface area contributed by atoms with E-state index in [1.54, 1.807) is 0 Å². The van der Waals surface area contributed by atoms with Crippen molar-refractivity contribution < 1.29 is 66.0 Å². The summed E-state index contributed by atoms with van der Waals surface area (Å²) < 4.78 is 162. The Kier molecular flexibility index (Phi) is 4.60. The predicted octanol–water partition coefficient (Wildman–Crippen LogP) is 2.87. The Balaban J connectivity index is 6.08. The van der Waals surface area contributed by atoms with Crippen LogP contribution >= 0.6 is 0 Å². The van der Waals surface area contributed by atoms with E-state index in [-0.39, 0.29) is 0 Å². The lowest BCUT2D eigenvalue weighted by atomic mass is 10.0. The molecule has 0 aromatic heterocycles. The van der Waals surface area contributed by atoms with Crippen LogP contribution in [0.4, 0.5) is 48.3 Å². The van der Waals surface area contributed by atoms with Crippen LogP contribution in [-0.4, -0.2) is 42.5 Å². The van der Waals surface area contributed by atoms with Gasteiger partial charge in [0.1, 0.15) is 0 Å². The van der Waals surface area contributed by atoms with Crippen molar-refractivity contribution in [1.29, 1.82) is 0 Å².